The number of aromatic nitrogens is 4. The number of fused-ring (bicyclic) bond motifs is 2. The molecule has 0 atom stereocenters. The third kappa shape index (κ3) is 6.88. The molecular weight excluding hydrogens is 563 g/mol. The van der Waals surface area contributed by atoms with Crippen LogP contribution in [0, 0.1) is 23.3 Å². The van der Waals surface area contributed by atoms with E-state index in [0.29, 0.717) is 22.5 Å². The van der Waals surface area contributed by atoms with Crippen molar-refractivity contribution in [2.75, 3.05) is 0 Å². The van der Waals surface area contributed by atoms with Gasteiger partial charge in [0.15, 0.2) is 0 Å². The van der Waals surface area contributed by atoms with Crippen molar-refractivity contribution in [3.63, 3.8) is 0 Å². The predicted molar refractivity (Wildman–Crippen MR) is 141 cm³/mol. The van der Waals surface area contributed by atoms with Crippen molar-refractivity contribution in [3.05, 3.63) is 100 Å². The number of benzene rings is 2. The SMILES string of the molecule is Clc1ncnc2ccsc12.Fc1cc(F)cc(-c2ncnc3ccsc23)c1.OB(O)c1cc(F)cc(F)c1. The first-order chi connectivity index (χ1) is 18.2. The Morgan fingerprint density at radius 3 is 1.71 bits per heavy atom. The van der Waals surface area contributed by atoms with Gasteiger partial charge in [0.1, 0.15) is 41.1 Å². The van der Waals surface area contributed by atoms with E-state index in [2.05, 4.69) is 19.9 Å². The van der Waals surface area contributed by atoms with Crippen molar-refractivity contribution < 1.29 is 27.6 Å². The molecule has 4 aromatic heterocycles. The van der Waals surface area contributed by atoms with E-state index < -0.39 is 30.4 Å². The third-order valence-electron chi connectivity index (χ3n) is 4.76. The van der Waals surface area contributed by atoms with Crippen LogP contribution in [0.25, 0.3) is 31.7 Å². The Bertz CT molecular complexity index is 1660. The Morgan fingerprint density at radius 2 is 1.16 bits per heavy atom. The first-order valence-electron chi connectivity index (χ1n) is 10.5. The smallest absolute Gasteiger partial charge is 0.423 e. The topological polar surface area (TPSA) is 92.0 Å². The summed E-state index contributed by atoms with van der Waals surface area (Å²) < 4.78 is 52.8. The summed E-state index contributed by atoms with van der Waals surface area (Å²) in [4.78, 5) is 16.0. The van der Waals surface area contributed by atoms with Crippen molar-refractivity contribution in [3.8, 4) is 11.3 Å². The first kappa shape index (κ1) is 27.5. The molecule has 0 unspecified atom stereocenters. The summed E-state index contributed by atoms with van der Waals surface area (Å²) in [5, 5.41) is 21.4. The van der Waals surface area contributed by atoms with Crippen LogP contribution in [-0.2, 0) is 0 Å². The maximum Gasteiger partial charge on any atom is 0.488 e. The van der Waals surface area contributed by atoms with E-state index in [1.165, 1.54) is 36.1 Å². The van der Waals surface area contributed by atoms with Gasteiger partial charge in [-0.3, -0.25) is 0 Å². The summed E-state index contributed by atoms with van der Waals surface area (Å²) >= 11 is 8.77. The fourth-order valence-electron chi connectivity index (χ4n) is 3.17. The molecule has 6 nitrogen and oxygen atoms in total. The minimum atomic E-state index is -1.83. The van der Waals surface area contributed by atoms with Gasteiger partial charge >= 0.3 is 7.12 Å². The van der Waals surface area contributed by atoms with Crippen molar-refractivity contribution in [2.24, 2.45) is 0 Å². The highest BCUT2D eigenvalue weighted by molar-refractivity contribution is 7.18. The number of halogens is 5. The highest BCUT2D eigenvalue weighted by atomic mass is 35.5. The molecule has 0 radical (unpaired) electrons. The summed E-state index contributed by atoms with van der Waals surface area (Å²) in [6.45, 7) is 0. The lowest BCUT2D eigenvalue weighted by Gasteiger charge is -2.02. The second-order valence-electron chi connectivity index (χ2n) is 7.39. The average Bonchev–Trinajstić information content (AvgIpc) is 3.54. The lowest BCUT2D eigenvalue weighted by molar-refractivity contribution is 0.425. The van der Waals surface area contributed by atoms with Gasteiger partial charge in [-0.1, -0.05) is 11.6 Å². The predicted octanol–water partition coefficient (Wildman–Crippen LogP) is 5.63. The van der Waals surface area contributed by atoms with Crippen molar-refractivity contribution in [1.29, 1.82) is 0 Å². The van der Waals surface area contributed by atoms with Gasteiger partial charge < -0.3 is 10.0 Å². The zero-order chi connectivity index (χ0) is 27.2. The van der Waals surface area contributed by atoms with Gasteiger partial charge in [0, 0.05) is 17.7 Å². The van der Waals surface area contributed by atoms with Crippen LogP contribution < -0.4 is 5.46 Å². The molecule has 6 aromatic rings. The number of hydrogen-bond donors (Lipinski definition) is 2. The maximum absolute atomic E-state index is 13.2. The van der Waals surface area contributed by atoms with Crippen molar-refractivity contribution in [2.45, 2.75) is 0 Å². The van der Waals surface area contributed by atoms with E-state index in [0.717, 1.165) is 38.6 Å². The van der Waals surface area contributed by atoms with Crippen LogP contribution >= 0.6 is 34.3 Å². The van der Waals surface area contributed by atoms with Gasteiger partial charge in [-0.25, -0.2) is 37.5 Å². The van der Waals surface area contributed by atoms with Gasteiger partial charge in [0.25, 0.3) is 0 Å². The van der Waals surface area contributed by atoms with E-state index in [9.17, 15) is 17.6 Å². The monoisotopic (exact) mass is 576 g/mol. The Hall–Kier alpha value is -3.49. The first-order valence-corrected chi connectivity index (χ1v) is 12.7. The molecule has 0 saturated carbocycles. The molecule has 0 spiro atoms. The van der Waals surface area contributed by atoms with Crippen LogP contribution in [0.3, 0.4) is 0 Å². The molecule has 0 fully saturated rings. The van der Waals surface area contributed by atoms with Crippen molar-refractivity contribution in [1.82, 2.24) is 19.9 Å². The van der Waals surface area contributed by atoms with Gasteiger partial charge in [-0.15, -0.1) is 22.7 Å². The zero-order valence-electron chi connectivity index (χ0n) is 18.9. The number of nitrogens with zero attached hydrogens (tertiary/aromatic N) is 4. The molecule has 0 amide bonds. The molecule has 192 valence electrons. The molecule has 0 bridgehead atoms. The third-order valence-corrected chi connectivity index (χ3v) is 6.98. The van der Waals surface area contributed by atoms with Gasteiger partial charge in [-0.2, -0.15) is 0 Å². The highest BCUT2D eigenvalue weighted by Gasteiger charge is 2.13. The summed E-state index contributed by atoms with van der Waals surface area (Å²) in [7, 11) is -1.83. The molecule has 0 aliphatic heterocycles. The van der Waals surface area contributed by atoms with E-state index in [1.807, 2.05) is 22.9 Å². The fourth-order valence-corrected chi connectivity index (χ4v) is 5.02. The second kappa shape index (κ2) is 12.4. The summed E-state index contributed by atoms with van der Waals surface area (Å²) in [5.74, 6) is -2.87. The Labute approximate surface area is 226 Å². The highest BCUT2D eigenvalue weighted by Crippen LogP contribution is 2.30. The quantitative estimate of drug-likeness (QED) is 0.158. The normalized spacial score (nSPS) is 10.5. The fraction of sp³-hybridized carbons (Fsp3) is 0. The minimum absolute atomic E-state index is 0.192. The number of thiophene rings is 2. The molecule has 2 aromatic carbocycles. The molecule has 38 heavy (non-hydrogen) atoms. The molecule has 0 aliphatic rings. The van der Waals surface area contributed by atoms with E-state index >= 15 is 0 Å². The van der Waals surface area contributed by atoms with Gasteiger partial charge in [-0.05, 0) is 52.6 Å². The van der Waals surface area contributed by atoms with Gasteiger partial charge in [0.2, 0.25) is 0 Å². The van der Waals surface area contributed by atoms with E-state index in [4.69, 9.17) is 21.6 Å². The second-order valence-corrected chi connectivity index (χ2v) is 9.58. The Balaban J connectivity index is 0.000000140. The van der Waals surface area contributed by atoms with Crippen LogP contribution in [0.1, 0.15) is 0 Å². The van der Waals surface area contributed by atoms with E-state index in [1.54, 1.807) is 11.3 Å². The molecule has 0 saturated heterocycles. The minimum Gasteiger partial charge on any atom is -0.423 e. The zero-order valence-corrected chi connectivity index (χ0v) is 21.3. The largest absolute Gasteiger partial charge is 0.488 e. The Kier molecular flexibility index (Phi) is 8.97. The van der Waals surface area contributed by atoms with Crippen LogP contribution in [-0.4, -0.2) is 37.1 Å². The molecule has 6 rings (SSSR count). The van der Waals surface area contributed by atoms with E-state index in [-0.39, 0.29) is 5.46 Å². The van der Waals surface area contributed by atoms with Crippen LogP contribution in [0.4, 0.5) is 17.6 Å². The average molecular weight is 577 g/mol. The summed E-state index contributed by atoms with van der Waals surface area (Å²) in [5.41, 5.74) is 2.50. The molecular formula is C24H14BClF4N4O2S2. The van der Waals surface area contributed by atoms with Crippen LogP contribution in [0.2, 0.25) is 5.15 Å². The van der Waals surface area contributed by atoms with Crippen molar-refractivity contribution >= 4 is 67.3 Å². The van der Waals surface area contributed by atoms with Gasteiger partial charge in [0.05, 0.1) is 26.1 Å². The maximum atomic E-state index is 13.2. The molecule has 0 aliphatic carbocycles. The molecule has 14 heteroatoms. The van der Waals surface area contributed by atoms with Crippen LogP contribution in [0.15, 0.2) is 71.9 Å². The number of hydrogen-bond acceptors (Lipinski definition) is 8. The molecule has 2 N–H and O–H groups in total. The van der Waals surface area contributed by atoms with Crippen LogP contribution in [0.5, 0.6) is 0 Å². The lowest BCUT2D eigenvalue weighted by Crippen LogP contribution is -2.30. The Morgan fingerprint density at radius 1 is 0.658 bits per heavy atom. The summed E-state index contributed by atoms with van der Waals surface area (Å²) in [6.07, 6.45) is 2.87. The molecule has 4 heterocycles. The summed E-state index contributed by atoms with van der Waals surface area (Å²) in [6, 6.07) is 9.52. The number of rotatable bonds is 2. The lowest BCUT2D eigenvalue weighted by atomic mass is 9.80. The standard InChI is InChI=1S/C12H6F2N2S.C6H5BF2O2.C6H3ClN2S/c13-8-3-7(4-9(14)5-8)11-12-10(1-2-17-12)15-6-16-11;8-5-1-4(7(10)11)2-6(9)3-5;7-6-5-4(1-2-10-5)8-3-9-6/h1-6H;1-3,10-11H;1-3H.